The third-order valence-electron chi connectivity index (χ3n) is 6.94. The number of carbonyl (C=O) groups is 1. The van der Waals surface area contributed by atoms with Crippen LogP contribution in [0.15, 0.2) is 29.1 Å². The Labute approximate surface area is 184 Å². The minimum atomic E-state index is -0.0417. The summed E-state index contributed by atoms with van der Waals surface area (Å²) in [5.74, 6) is 0.691. The van der Waals surface area contributed by atoms with Crippen molar-refractivity contribution in [2.24, 2.45) is 5.92 Å². The summed E-state index contributed by atoms with van der Waals surface area (Å²) in [5, 5.41) is 3.15. The Morgan fingerprint density at radius 3 is 2.58 bits per heavy atom. The fourth-order valence-electron chi connectivity index (χ4n) is 4.97. The van der Waals surface area contributed by atoms with Crippen LogP contribution < -0.4 is 15.8 Å². The van der Waals surface area contributed by atoms with Gasteiger partial charge in [-0.3, -0.25) is 9.59 Å². The maximum Gasteiger partial charge on any atom is 0.293 e. The van der Waals surface area contributed by atoms with Crippen LogP contribution in [0, 0.1) is 5.92 Å². The van der Waals surface area contributed by atoms with Crippen LogP contribution in [0.2, 0.25) is 0 Å². The molecule has 2 saturated heterocycles. The van der Waals surface area contributed by atoms with Crippen molar-refractivity contribution in [2.75, 3.05) is 37.6 Å². The minimum Gasteiger partial charge on any atom is -0.356 e. The maximum absolute atomic E-state index is 13.0. The highest BCUT2D eigenvalue weighted by Gasteiger charge is 2.27. The summed E-state index contributed by atoms with van der Waals surface area (Å²) in [4.78, 5) is 34.9. The molecule has 2 aromatic rings. The summed E-state index contributed by atoms with van der Waals surface area (Å²) in [6.45, 7) is 9.35. The number of aryl methyl sites for hydroxylation is 1. The first kappa shape index (κ1) is 21.8. The largest absolute Gasteiger partial charge is 0.356 e. The number of piperidine rings is 1. The fraction of sp³-hybridized carbons (Fsp3) is 0.625. The molecule has 0 saturated carbocycles. The summed E-state index contributed by atoms with van der Waals surface area (Å²) in [6.07, 6.45) is 5.11. The number of fused-ring (bicyclic) bond motifs is 1. The van der Waals surface area contributed by atoms with Crippen LogP contribution in [0.1, 0.15) is 46.0 Å². The zero-order valence-corrected chi connectivity index (χ0v) is 18.8. The maximum atomic E-state index is 13.0. The van der Waals surface area contributed by atoms with E-state index in [-0.39, 0.29) is 17.4 Å². The van der Waals surface area contributed by atoms with Crippen LogP contribution in [-0.4, -0.2) is 59.1 Å². The molecule has 3 heterocycles. The van der Waals surface area contributed by atoms with Crippen LogP contribution in [0.5, 0.6) is 0 Å². The van der Waals surface area contributed by atoms with Crippen LogP contribution in [0.25, 0.3) is 11.0 Å². The lowest BCUT2D eigenvalue weighted by molar-refractivity contribution is -0.125. The van der Waals surface area contributed by atoms with Crippen molar-refractivity contribution in [2.45, 2.75) is 58.5 Å². The van der Waals surface area contributed by atoms with E-state index in [1.165, 1.54) is 25.9 Å². The highest BCUT2D eigenvalue weighted by molar-refractivity contribution is 5.79. The molecule has 7 heteroatoms. The third-order valence-corrected chi connectivity index (χ3v) is 6.94. The molecule has 168 valence electrons. The number of benzene rings is 1. The van der Waals surface area contributed by atoms with Gasteiger partial charge in [-0.25, -0.2) is 4.98 Å². The normalized spacial score (nSPS) is 19.1. The van der Waals surface area contributed by atoms with Gasteiger partial charge in [0.25, 0.3) is 5.56 Å². The topological polar surface area (TPSA) is 70.5 Å². The fourth-order valence-corrected chi connectivity index (χ4v) is 4.97. The van der Waals surface area contributed by atoms with E-state index < -0.39 is 0 Å². The standard InChI is InChI=1S/C24H35N5O2/c1-3-29-21-9-5-4-8-20(21)26-22(24(29)31)28-16-11-19(12-17-28)23(30)25-13-10-18(2)27-14-6-7-15-27/h4-5,8-9,18-19H,3,6-7,10-17H2,1-2H3,(H,25,30). The minimum absolute atomic E-state index is 0.0206. The van der Waals surface area contributed by atoms with Crippen LogP contribution in [0.3, 0.4) is 0 Å². The molecular weight excluding hydrogens is 390 g/mol. The molecule has 2 fully saturated rings. The molecule has 1 aromatic heterocycles. The predicted molar refractivity (Wildman–Crippen MR) is 125 cm³/mol. The van der Waals surface area contributed by atoms with Gasteiger partial charge in [0, 0.05) is 38.1 Å². The lowest BCUT2D eigenvalue weighted by Crippen LogP contribution is -2.44. The molecule has 1 unspecified atom stereocenters. The number of amides is 1. The van der Waals surface area contributed by atoms with Crippen LogP contribution in [-0.2, 0) is 11.3 Å². The van der Waals surface area contributed by atoms with E-state index >= 15 is 0 Å². The molecule has 2 aliphatic heterocycles. The lowest BCUT2D eigenvalue weighted by atomic mass is 9.96. The van der Waals surface area contributed by atoms with E-state index in [0.29, 0.717) is 31.5 Å². The third kappa shape index (κ3) is 4.76. The van der Waals surface area contributed by atoms with E-state index in [0.717, 1.165) is 36.8 Å². The zero-order valence-electron chi connectivity index (χ0n) is 18.8. The second-order valence-electron chi connectivity index (χ2n) is 8.91. The molecule has 1 atom stereocenters. The molecule has 7 nitrogen and oxygen atoms in total. The number of hydrogen-bond donors (Lipinski definition) is 1. The van der Waals surface area contributed by atoms with Crippen molar-refractivity contribution in [1.82, 2.24) is 19.8 Å². The van der Waals surface area contributed by atoms with Gasteiger partial charge in [-0.2, -0.15) is 0 Å². The molecule has 0 spiro atoms. The first-order chi connectivity index (χ1) is 15.1. The van der Waals surface area contributed by atoms with Gasteiger partial charge < -0.3 is 19.7 Å². The van der Waals surface area contributed by atoms with Crippen molar-refractivity contribution in [3.8, 4) is 0 Å². The Kier molecular flexibility index (Phi) is 6.90. The van der Waals surface area contributed by atoms with E-state index in [2.05, 4.69) is 27.0 Å². The average molecular weight is 426 g/mol. The number of nitrogens with zero attached hydrogens (tertiary/aromatic N) is 4. The number of carbonyl (C=O) groups excluding carboxylic acids is 1. The molecule has 0 aliphatic carbocycles. The summed E-state index contributed by atoms with van der Waals surface area (Å²) in [7, 11) is 0. The van der Waals surface area contributed by atoms with Crippen molar-refractivity contribution >= 4 is 22.8 Å². The van der Waals surface area contributed by atoms with E-state index in [4.69, 9.17) is 0 Å². The van der Waals surface area contributed by atoms with Crippen molar-refractivity contribution in [3.63, 3.8) is 0 Å². The van der Waals surface area contributed by atoms with Crippen LogP contribution >= 0.6 is 0 Å². The summed E-state index contributed by atoms with van der Waals surface area (Å²) < 4.78 is 1.79. The number of nitrogens with one attached hydrogen (secondary N) is 1. The number of hydrogen-bond acceptors (Lipinski definition) is 5. The zero-order chi connectivity index (χ0) is 21.8. The van der Waals surface area contributed by atoms with Gasteiger partial charge in [-0.1, -0.05) is 12.1 Å². The van der Waals surface area contributed by atoms with Crippen molar-refractivity contribution < 1.29 is 4.79 Å². The molecule has 2 aliphatic rings. The number of rotatable bonds is 7. The molecule has 1 N–H and O–H groups in total. The van der Waals surface area contributed by atoms with Crippen molar-refractivity contribution in [1.29, 1.82) is 0 Å². The average Bonchev–Trinajstić information content (AvgIpc) is 3.34. The Balaban J connectivity index is 1.33. The monoisotopic (exact) mass is 425 g/mol. The van der Waals surface area contributed by atoms with Gasteiger partial charge in [-0.05, 0) is 71.2 Å². The summed E-state index contributed by atoms with van der Waals surface area (Å²) >= 11 is 0. The molecule has 4 rings (SSSR count). The van der Waals surface area contributed by atoms with E-state index in [1.54, 1.807) is 4.57 Å². The van der Waals surface area contributed by atoms with E-state index in [1.807, 2.05) is 31.2 Å². The van der Waals surface area contributed by atoms with Gasteiger partial charge in [0.2, 0.25) is 5.91 Å². The summed E-state index contributed by atoms with van der Waals surface area (Å²) in [5.41, 5.74) is 1.67. The molecule has 0 bridgehead atoms. The predicted octanol–water partition coefficient (Wildman–Crippen LogP) is 2.62. The molecule has 31 heavy (non-hydrogen) atoms. The van der Waals surface area contributed by atoms with E-state index in [9.17, 15) is 9.59 Å². The van der Waals surface area contributed by atoms with Gasteiger partial charge in [0.1, 0.15) is 0 Å². The second kappa shape index (κ2) is 9.81. The molecule has 1 amide bonds. The van der Waals surface area contributed by atoms with Gasteiger partial charge in [0.15, 0.2) is 5.82 Å². The molecule has 0 radical (unpaired) electrons. The highest BCUT2D eigenvalue weighted by atomic mass is 16.2. The van der Waals surface area contributed by atoms with Gasteiger partial charge in [-0.15, -0.1) is 0 Å². The quantitative estimate of drug-likeness (QED) is 0.738. The van der Waals surface area contributed by atoms with Crippen LogP contribution in [0.4, 0.5) is 5.82 Å². The number of para-hydroxylation sites is 2. The lowest BCUT2D eigenvalue weighted by Gasteiger charge is -2.32. The number of anilines is 1. The SMILES string of the molecule is CCn1c(=O)c(N2CCC(C(=O)NCCC(C)N3CCCC3)CC2)nc2ccccc21. The molecule has 1 aromatic carbocycles. The Morgan fingerprint density at radius 2 is 1.87 bits per heavy atom. The Morgan fingerprint density at radius 1 is 1.16 bits per heavy atom. The summed E-state index contributed by atoms with van der Waals surface area (Å²) in [6, 6.07) is 8.31. The Bertz CT molecular complexity index is 958. The van der Waals surface area contributed by atoms with Gasteiger partial charge in [0.05, 0.1) is 11.0 Å². The highest BCUT2D eigenvalue weighted by Crippen LogP contribution is 2.22. The second-order valence-corrected chi connectivity index (χ2v) is 8.91. The number of aromatic nitrogens is 2. The first-order valence-electron chi connectivity index (χ1n) is 11.8. The molecular formula is C24H35N5O2. The van der Waals surface area contributed by atoms with Crippen molar-refractivity contribution in [3.05, 3.63) is 34.6 Å². The first-order valence-corrected chi connectivity index (χ1v) is 11.8. The smallest absolute Gasteiger partial charge is 0.293 e. The van der Waals surface area contributed by atoms with Gasteiger partial charge >= 0.3 is 0 Å². The Hall–Kier alpha value is -2.41. The number of likely N-dealkylation sites (tertiary alicyclic amines) is 1.